The Hall–Kier alpha value is -2.67. The number of para-hydroxylation sites is 2. The van der Waals surface area contributed by atoms with E-state index in [1.54, 1.807) is 4.90 Å². The van der Waals surface area contributed by atoms with Gasteiger partial charge in [0.1, 0.15) is 5.69 Å². The average molecular weight is 284 g/mol. The molecule has 7 nitrogen and oxygen atoms in total. The van der Waals surface area contributed by atoms with Crippen molar-refractivity contribution < 1.29 is 4.79 Å². The molecule has 0 spiro atoms. The first-order valence-corrected chi connectivity index (χ1v) is 6.61. The summed E-state index contributed by atoms with van der Waals surface area (Å²) in [6.45, 7) is 1.37. The molecule has 0 saturated heterocycles. The summed E-state index contributed by atoms with van der Waals surface area (Å²) in [6.07, 6.45) is 2.92. The van der Waals surface area contributed by atoms with Gasteiger partial charge in [-0.2, -0.15) is 0 Å². The van der Waals surface area contributed by atoms with E-state index < -0.39 is 0 Å². The molecule has 1 amide bonds. The Balaban J connectivity index is 1.97. The first kappa shape index (κ1) is 13.3. The van der Waals surface area contributed by atoms with Gasteiger partial charge in [0.15, 0.2) is 5.82 Å². The molecule has 3 N–H and O–H groups in total. The maximum atomic E-state index is 12.7. The van der Waals surface area contributed by atoms with Gasteiger partial charge in [-0.3, -0.25) is 9.78 Å². The predicted octanol–water partition coefficient (Wildman–Crippen LogP) is 0.859. The average Bonchev–Trinajstić information content (AvgIpc) is 2.55. The van der Waals surface area contributed by atoms with Crippen molar-refractivity contribution in [3.8, 4) is 0 Å². The second-order valence-electron chi connectivity index (χ2n) is 4.80. The molecule has 1 aromatic heterocycles. The summed E-state index contributed by atoms with van der Waals surface area (Å²) >= 11 is 0. The molecule has 2 aromatic rings. The Bertz CT molecular complexity index is 674. The molecule has 0 radical (unpaired) electrons. The van der Waals surface area contributed by atoms with Gasteiger partial charge in [0, 0.05) is 20.1 Å². The Labute approximate surface area is 122 Å². The molecule has 21 heavy (non-hydrogen) atoms. The van der Waals surface area contributed by atoms with Gasteiger partial charge in [0.05, 0.1) is 23.8 Å². The number of carbonyl (C=O) groups excluding carboxylic acids is 1. The van der Waals surface area contributed by atoms with E-state index in [-0.39, 0.29) is 11.6 Å². The number of nitrogens with two attached hydrogens (primary N) is 1. The van der Waals surface area contributed by atoms with E-state index in [1.807, 2.05) is 31.3 Å². The van der Waals surface area contributed by atoms with E-state index in [0.29, 0.717) is 12.4 Å². The Kier molecular flexibility index (Phi) is 3.41. The lowest BCUT2D eigenvalue weighted by Gasteiger charge is -2.35. The molecule has 1 aliphatic rings. The van der Waals surface area contributed by atoms with Crippen molar-refractivity contribution in [1.29, 1.82) is 0 Å². The normalized spacial score (nSPS) is 13.8. The zero-order chi connectivity index (χ0) is 14.8. The van der Waals surface area contributed by atoms with Gasteiger partial charge in [-0.25, -0.2) is 10.8 Å². The van der Waals surface area contributed by atoms with Gasteiger partial charge in [-0.05, 0) is 12.1 Å². The number of benzene rings is 1. The highest BCUT2D eigenvalue weighted by Crippen LogP contribution is 2.32. The van der Waals surface area contributed by atoms with Crippen molar-refractivity contribution in [2.45, 2.75) is 0 Å². The van der Waals surface area contributed by atoms with Crippen LogP contribution in [0.15, 0.2) is 36.7 Å². The summed E-state index contributed by atoms with van der Waals surface area (Å²) in [5, 5.41) is 0. The molecular weight excluding hydrogens is 268 g/mol. The van der Waals surface area contributed by atoms with Gasteiger partial charge >= 0.3 is 0 Å². The van der Waals surface area contributed by atoms with Crippen LogP contribution in [0.5, 0.6) is 0 Å². The number of nitrogens with zero attached hydrogens (tertiary/aromatic N) is 4. The van der Waals surface area contributed by atoms with Crippen molar-refractivity contribution in [2.24, 2.45) is 5.84 Å². The van der Waals surface area contributed by atoms with Crippen LogP contribution < -0.4 is 21.1 Å². The summed E-state index contributed by atoms with van der Waals surface area (Å²) in [5.41, 5.74) is 4.57. The van der Waals surface area contributed by atoms with E-state index in [4.69, 9.17) is 5.84 Å². The van der Waals surface area contributed by atoms with Crippen LogP contribution in [0.2, 0.25) is 0 Å². The summed E-state index contributed by atoms with van der Waals surface area (Å²) in [4.78, 5) is 24.7. The molecular formula is C14H16N6O. The van der Waals surface area contributed by atoms with Gasteiger partial charge < -0.3 is 15.2 Å². The Morgan fingerprint density at radius 2 is 2.00 bits per heavy atom. The number of hydrogen-bond donors (Lipinski definition) is 2. The van der Waals surface area contributed by atoms with E-state index >= 15 is 0 Å². The largest absolute Gasteiger partial charge is 0.371 e. The molecule has 0 aliphatic carbocycles. The third-order valence-electron chi connectivity index (χ3n) is 3.49. The summed E-state index contributed by atoms with van der Waals surface area (Å²) in [5.74, 6) is 5.49. The second kappa shape index (κ2) is 5.37. The topological polar surface area (TPSA) is 87.4 Å². The highest BCUT2D eigenvalue weighted by molar-refractivity contribution is 6.07. The van der Waals surface area contributed by atoms with Crippen LogP contribution >= 0.6 is 0 Å². The molecule has 1 aromatic carbocycles. The quantitative estimate of drug-likeness (QED) is 0.628. The van der Waals surface area contributed by atoms with Gasteiger partial charge in [0.2, 0.25) is 0 Å². The lowest BCUT2D eigenvalue weighted by atomic mass is 10.1. The van der Waals surface area contributed by atoms with Crippen molar-refractivity contribution in [3.63, 3.8) is 0 Å². The van der Waals surface area contributed by atoms with E-state index in [1.165, 1.54) is 12.4 Å². The van der Waals surface area contributed by atoms with Crippen LogP contribution in [0, 0.1) is 0 Å². The number of hydrazine groups is 1. The molecule has 0 fully saturated rings. The van der Waals surface area contributed by atoms with Crippen LogP contribution in [0.25, 0.3) is 0 Å². The third-order valence-corrected chi connectivity index (χ3v) is 3.49. The fourth-order valence-electron chi connectivity index (χ4n) is 2.39. The van der Waals surface area contributed by atoms with E-state index in [9.17, 15) is 4.79 Å². The van der Waals surface area contributed by atoms with Gasteiger partial charge in [-0.15, -0.1) is 0 Å². The van der Waals surface area contributed by atoms with E-state index in [0.717, 1.165) is 17.9 Å². The standard InChI is InChI=1S/C14H16N6O/c1-19-6-7-20(12-5-3-2-4-11(12)19)14(21)10-8-16-9-13(17-10)18-15/h2-5,8-9H,6-7,15H2,1H3,(H,17,18). The number of amides is 1. The highest BCUT2D eigenvalue weighted by Gasteiger charge is 2.26. The molecule has 3 rings (SSSR count). The van der Waals surface area contributed by atoms with E-state index in [2.05, 4.69) is 20.3 Å². The van der Waals surface area contributed by atoms with Crippen molar-refractivity contribution in [3.05, 3.63) is 42.4 Å². The molecule has 108 valence electrons. The number of anilines is 3. The molecule has 1 aliphatic heterocycles. The molecule has 2 heterocycles. The van der Waals surface area contributed by atoms with Crippen LogP contribution in [0.3, 0.4) is 0 Å². The van der Waals surface area contributed by atoms with Crippen LogP contribution in [-0.2, 0) is 0 Å². The second-order valence-corrected chi connectivity index (χ2v) is 4.80. The number of hydrogen-bond acceptors (Lipinski definition) is 6. The number of fused-ring (bicyclic) bond motifs is 1. The van der Waals surface area contributed by atoms with Gasteiger partial charge in [-0.1, -0.05) is 12.1 Å². The maximum Gasteiger partial charge on any atom is 0.278 e. The number of likely N-dealkylation sites (N-methyl/N-ethyl adjacent to an activating group) is 1. The van der Waals surface area contributed by atoms with Crippen molar-refractivity contribution >= 4 is 23.1 Å². The number of nitrogens with one attached hydrogen (secondary N) is 1. The lowest BCUT2D eigenvalue weighted by Crippen LogP contribution is -2.43. The predicted molar refractivity (Wildman–Crippen MR) is 81.2 cm³/mol. The molecule has 0 unspecified atom stereocenters. The number of aromatic nitrogens is 2. The lowest BCUT2D eigenvalue weighted by molar-refractivity contribution is 0.0981. The molecule has 0 atom stereocenters. The first-order chi connectivity index (χ1) is 10.2. The minimum atomic E-state index is -0.180. The SMILES string of the molecule is CN1CCN(C(=O)c2cncc(NN)n2)c2ccccc21. The summed E-state index contributed by atoms with van der Waals surface area (Å²) < 4.78 is 0. The molecule has 7 heteroatoms. The molecule has 0 bridgehead atoms. The zero-order valence-corrected chi connectivity index (χ0v) is 11.7. The van der Waals surface area contributed by atoms with Crippen molar-refractivity contribution in [2.75, 3.05) is 35.4 Å². The van der Waals surface area contributed by atoms with Crippen LogP contribution in [0.4, 0.5) is 17.2 Å². The van der Waals surface area contributed by atoms with Gasteiger partial charge in [0.25, 0.3) is 5.91 Å². The number of nitrogen functional groups attached to an aromatic ring is 1. The fraction of sp³-hybridized carbons (Fsp3) is 0.214. The first-order valence-electron chi connectivity index (χ1n) is 6.61. The molecule has 0 saturated carbocycles. The summed E-state index contributed by atoms with van der Waals surface area (Å²) in [6, 6.07) is 7.81. The maximum absolute atomic E-state index is 12.7. The third kappa shape index (κ3) is 2.38. The highest BCUT2D eigenvalue weighted by atomic mass is 16.2. The monoisotopic (exact) mass is 284 g/mol. The Morgan fingerprint density at radius 3 is 2.76 bits per heavy atom. The number of rotatable bonds is 2. The minimum absolute atomic E-state index is 0.180. The fourth-order valence-corrected chi connectivity index (χ4v) is 2.39. The van der Waals surface area contributed by atoms with Crippen LogP contribution in [-0.4, -0.2) is 36.0 Å². The zero-order valence-electron chi connectivity index (χ0n) is 11.7. The minimum Gasteiger partial charge on any atom is -0.371 e. The van der Waals surface area contributed by atoms with Crippen molar-refractivity contribution in [1.82, 2.24) is 9.97 Å². The smallest absolute Gasteiger partial charge is 0.278 e. The van der Waals surface area contributed by atoms with Crippen LogP contribution in [0.1, 0.15) is 10.5 Å². The number of carbonyl (C=O) groups is 1. The summed E-state index contributed by atoms with van der Waals surface area (Å²) in [7, 11) is 2.01. The Morgan fingerprint density at radius 1 is 1.24 bits per heavy atom.